The Bertz CT molecular complexity index is 375. The van der Waals surface area contributed by atoms with E-state index in [9.17, 15) is 5.11 Å². The molecule has 5 heteroatoms. The van der Waals surface area contributed by atoms with Crippen LogP contribution in [0.4, 0.5) is 5.13 Å². The van der Waals surface area contributed by atoms with Crippen LogP contribution in [0.2, 0.25) is 0 Å². The third kappa shape index (κ3) is 1.94. The molecule has 2 fully saturated rings. The molecule has 4 nitrogen and oxygen atoms in total. The Morgan fingerprint density at radius 2 is 2.25 bits per heavy atom. The van der Waals surface area contributed by atoms with E-state index in [1.54, 1.807) is 0 Å². The maximum atomic E-state index is 9.56. The fourth-order valence-corrected chi connectivity index (χ4v) is 3.00. The second-order valence-corrected chi connectivity index (χ2v) is 5.68. The van der Waals surface area contributed by atoms with Gasteiger partial charge in [0.1, 0.15) is 5.82 Å². The van der Waals surface area contributed by atoms with Gasteiger partial charge in [-0.1, -0.05) is 0 Å². The van der Waals surface area contributed by atoms with E-state index < -0.39 is 0 Å². The summed E-state index contributed by atoms with van der Waals surface area (Å²) >= 11 is 1.51. The van der Waals surface area contributed by atoms with E-state index >= 15 is 0 Å². The lowest BCUT2D eigenvalue weighted by Crippen LogP contribution is -2.23. The van der Waals surface area contributed by atoms with Crippen molar-refractivity contribution < 1.29 is 5.11 Å². The smallest absolute Gasteiger partial charge is 0.205 e. The van der Waals surface area contributed by atoms with E-state index in [0.717, 1.165) is 30.5 Å². The molecule has 1 aromatic rings. The van der Waals surface area contributed by atoms with Crippen LogP contribution in [0.1, 0.15) is 37.9 Å². The van der Waals surface area contributed by atoms with Gasteiger partial charge in [0.2, 0.25) is 5.13 Å². The van der Waals surface area contributed by atoms with E-state index in [-0.39, 0.29) is 6.10 Å². The summed E-state index contributed by atoms with van der Waals surface area (Å²) in [5, 5.41) is 10.6. The van der Waals surface area contributed by atoms with Gasteiger partial charge < -0.3 is 10.0 Å². The summed E-state index contributed by atoms with van der Waals surface area (Å²) in [5.74, 6) is 2.08. The minimum absolute atomic E-state index is 0.208. The topological polar surface area (TPSA) is 49.2 Å². The van der Waals surface area contributed by atoms with Gasteiger partial charge in [0, 0.05) is 36.5 Å². The highest BCUT2D eigenvalue weighted by atomic mass is 32.1. The van der Waals surface area contributed by atoms with Crippen LogP contribution in [0, 0.1) is 5.92 Å². The average molecular weight is 239 g/mol. The number of aromatic nitrogens is 2. The summed E-state index contributed by atoms with van der Waals surface area (Å²) in [7, 11) is 0. The summed E-state index contributed by atoms with van der Waals surface area (Å²) in [6.45, 7) is 3.82. The fraction of sp³-hybridized carbons (Fsp3) is 0.818. The van der Waals surface area contributed by atoms with E-state index in [1.165, 1.54) is 24.4 Å². The molecule has 3 rings (SSSR count). The lowest BCUT2D eigenvalue weighted by Gasteiger charge is -2.15. The molecule has 1 saturated carbocycles. The second kappa shape index (κ2) is 3.96. The van der Waals surface area contributed by atoms with Crippen molar-refractivity contribution in [1.29, 1.82) is 0 Å². The monoisotopic (exact) mass is 239 g/mol. The van der Waals surface area contributed by atoms with E-state index in [4.69, 9.17) is 0 Å². The molecule has 2 unspecified atom stereocenters. The largest absolute Gasteiger partial charge is 0.393 e. The minimum Gasteiger partial charge on any atom is -0.393 e. The van der Waals surface area contributed by atoms with E-state index in [0.29, 0.717) is 11.8 Å². The van der Waals surface area contributed by atoms with Crippen LogP contribution in [-0.2, 0) is 0 Å². The van der Waals surface area contributed by atoms with Gasteiger partial charge in [-0.05, 0) is 26.2 Å². The first-order valence-electron chi connectivity index (χ1n) is 6.00. The molecule has 88 valence electrons. The van der Waals surface area contributed by atoms with Gasteiger partial charge in [-0.25, -0.2) is 4.98 Å². The first kappa shape index (κ1) is 10.5. The average Bonchev–Trinajstić information content (AvgIpc) is 2.83. The van der Waals surface area contributed by atoms with Gasteiger partial charge in [-0.2, -0.15) is 4.37 Å². The molecule has 2 aliphatic rings. The molecule has 0 amide bonds. The van der Waals surface area contributed by atoms with Crippen LogP contribution in [0.3, 0.4) is 0 Å². The number of nitrogens with zero attached hydrogens (tertiary/aromatic N) is 3. The molecular weight excluding hydrogens is 222 g/mol. The lowest BCUT2D eigenvalue weighted by atomic mass is 10.0. The predicted octanol–water partition coefficient (Wildman–Crippen LogP) is 1.62. The van der Waals surface area contributed by atoms with Crippen molar-refractivity contribution in [3.05, 3.63) is 5.82 Å². The van der Waals surface area contributed by atoms with Crippen molar-refractivity contribution >= 4 is 16.7 Å². The molecule has 1 saturated heterocycles. The molecule has 2 atom stereocenters. The fourth-order valence-electron chi connectivity index (χ4n) is 2.22. The van der Waals surface area contributed by atoms with Gasteiger partial charge in [-0.15, -0.1) is 0 Å². The maximum absolute atomic E-state index is 9.56. The molecular formula is C11H17N3OS. The first-order chi connectivity index (χ1) is 7.74. The molecule has 0 radical (unpaired) electrons. The molecule has 1 aromatic heterocycles. The Hall–Kier alpha value is -0.680. The number of aliphatic hydroxyl groups is 1. The lowest BCUT2D eigenvalue weighted by molar-refractivity contribution is 0.136. The molecule has 1 N–H and O–H groups in total. The summed E-state index contributed by atoms with van der Waals surface area (Å²) in [4.78, 5) is 6.86. The standard InChI is InChI=1S/C11H17N3OS/c1-7(15)9-4-5-14(6-9)11-12-10(13-16-11)8-2-3-8/h7-9,15H,2-6H2,1H3. The van der Waals surface area contributed by atoms with Gasteiger partial charge in [0.15, 0.2) is 0 Å². The highest BCUT2D eigenvalue weighted by Gasteiger charge is 2.31. The third-order valence-electron chi connectivity index (χ3n) is 3.55. The van der Waals surface area contributed by atoms with Crippen molar-refractivity contribution in [2.24, 2.45) is 5.92 Å². The Morgan fingerprint density at radius 1 is 1.44 bits per heavy atom. The Kier molecular flexibility index (Phi) is 2.59. The van der Waals surface area contributed by atoms with Crippen molar-refractivity contribution in [2.45, 2.75) is 38.2 Å². The molecule has 2 heterocycles. The number of hydrogen-bond donors (Lipinski definition) is 1. The zero-order valence-corrected chi connectivity index (χ0v) is 10.3. The van der Waals surface area contributed by atoms with Crippen LogP contribution >= 0.6 is 11.5 Å². The van der Waals surface area contributed by atoms with Crippen LogP contribution in [0.25, 0.3) is 0 Å². The highest BCUT2D eigenvalue weighted by molar-refractivity contribution is 7.09. The number of hydrogen-bond acceptors (Lipinski definition) is 5. The van der Waals surface area contributed by atoms with Crippen molar-refractivity contribution in [3.8, 4) is 0 Å². The predicted molar refractivity (Wildman–Crippen MR) is 63.9 cm³/mol. The minimum atomic E-state index is -0.208. The van der Waals surface area contributed by atoms with Crippen molar-refractivity contribution in [1.82, 2.24) is 9.36 Å². The number of anilines is 1. The SMILES string of the molecule is CC(O)C1CCN(c2nc(C3CC3)ns2)C1. The molecule has 1 aliphatic heterocycles. The molecule has 0 spiro atoms. The molecule has 1 aliphatic carbocycles. The number of aliphatic hydroxyl groups excluding tert-OH is 1. The molecule has 16 heavy (non-hydrogen) atoms. The third-order valence-corrected chi connectivity index (χ3v) is 4.34. The number of rotatable bonds is 3. The van der Waals surface area contributed by atoms with Gasteiger partial charge in [0.25, 0.3) is 0 Å². The van der Waals surface area contributed by atoms with Crippen LogP contribution < -0.4 is 4.90 Å². The summed E-state index contributed by atoms with van der Waals surface area (Å²) in [6, 6.07) is 0. The molecule has 0 aromatic carbocycles. The van der Waals surface area contributed by atoms with Crippen molar-refractivity contribution in [3.63, 3.8) is 0 Å². The Balaban J connectivity index is 1.68. The van der Waals surface area contributed by atoms with E-state index in [2.05, 4.69) is 14.3 Å². The highest BCUT2D eigenvalue weighted by Crippen LogP contribution is 2.40. The maximum Gasteiger partial charge on any atom is 0.205 e. The van der Waals surface area contributed by atoms with Gasteiger partial charge in [-0.3, -0.25) is 0 Å². The normalized spacial score (nSPS) is 27.4. The molecule has 0 bridgehead atoms. The zero-order valence-electron chi connectivity index (χ0n) is 9.46. The summed E-state index contributed by atoms with van der Waals surface area (Å²) in [6.07, 6.45) is 3.37. The quantitative estimate of drug-likeness (QED) is 0.871. The summed E-state index contributed by atoms with van der Waals surface area (Å²) < 4.78 is 4.42. The second-order valence-electron chi connectivity index (χ2n) is 4.94. The Morgan fingerprint density at radius 3 is 2.88 bits per heavy atom. The Labute approximate surface area is 99.5 Å². The van der Waals surface area contributed by atoms with E-state index in [1.807, 2.05) is 6.92 Å². The summed E-state index contributed by atoms with van der Waals surface area (Å²) in [5.41, 5.74) is 0. The first-order valence-corrected chi connectivity index (χ1v) is 6.78. The van der Waals surface area contributed by atoms with Crippen molar-refractivity contribution in [2.75, 3.05) is 18.0 Å². The van der Waals surface area contributed by atoms with Gasteiger partial charge >= 0.3 is 0 Å². The zero-order chi connectivity index (χ0) is 11.1. The van der Waals surface area contributed by atoms with Crippen LogP contribution in [0.15, 0.2) is 0 Å². The van der Waals surface area contributed by atoms with Gasteiger partial charge in [0.05, 0.1) is 6.10 Å². The van der Waals surface area contributed by atoms with Crippen LogP contribution in [0.5, 0.6) is 0 Å². The van der Waals surface area contributed by atoms with Crippen LogP contribution in [-0.4, -0.2) is 33.7 Å².